The van der Waals surface area contributed by atoms with E-state index in [1.165, 1.54) is 5.56 Å². The molecule has 150 valence electrons. The quantitative estimate of drug-likeness (QED) is 0.569. The number of thiazole rings is 1. The standard InChI is InChI=1S/C23H24ClN3OS/c1-3-22-25-20(15-29-22)17-5-7-18(8-6-17)23(28)27-12-10-26(11-13-27)21-14-19(24)9-4-16(21)2/h4-9,14-15H,3,10-13H2,1-2H3. The van der Waals surface area contributed by atoms with Crippen LogP contribution in [-0.4, -0.2) is 42.0 Å². The van der Waals surface area contributed by atoms with Crippen LogP contribution in [0.4, 0.5) is 5.69 Å². The Bertz CT molecular complexity index is 1010. The van der Waals surface area contributed by atoms with Gasteiger partial charge in [-0.25, -0.2) is 4.98 Å². The van der Waals surface area contributed by atoms with Crippen molar-refractivity contribution in [2.45, 2.75) is 20.3 Å². The molecule has 1 aromatic heterocycles. The highest BCUT2D eigenvalue weighted by atomic mass is 35.5. The van der Waals surface area contributed by atoms with E-state index in [2.05, 4.69) is 29.1 Å². The number of anilines is 1. The van der Waals surface area contributed by atoms with E-state index in [1.807, 2.05) is 47.4 Å². The molecule has 4 nitrogen and oxygen atoms in total. The van der Waals surface area contributed by atoms with E-state index >= 15 is 0 Å². The average Bonchev–Trinajstić information content (AvgIpc) is 3.24. The topological polar surface area (TPSA) is 36.4 Å². The minimum atomic E-state index is 0.0894. The van der Waals surface area contributed by atoms with Crippen molar-refractivity contribution in [3.8, 4) is 11.3 Å². The van der Waals surface area contributed by atoms with Crippen molar-refractivity contribution in [3.05, 3.63) is 69.0 Å². The highest BCUT2D eigenvalue weighted by Crippen LogP contribution is 2.26. The first-order valence-electron chi connectivity index (χ1n) is 9.90. The smallest absolute Gasteiger partial charge is 0.253 e. The Morgan fingerprint density at radius 2 is 1.83 bits per heavy atom. The third-order valence-corrected chi connectivity index (χ3v) is 6.59. The van der Waals surface area contributed by atoms with Crippen LogP contribution in [0, 0.1) is 6.92 Å². The van der Waals surface area contributed by atoms with E-state index in [4.69, 9.17) is 11.6 Å². The number of piperazine rings is 1. The predicted octanol–water partition coefficient (Wildman–Crippen LogP) is 5.30. The van der Waals surface area contributed by atoms with Gasteiger partial charge >= 0.3 is 0 Å². The van der Waals surface area contributed by atoms with Crippen LogP contribution in [0.1, 0.15) is 27.9 Å². The van der Waals surface area contributed by atoms with Gasteiger partial charge in [-0.05, 0) is 43.2 Å². The van der Waals surface area contributed by atoms with Crippen LogP contribution in [0.3, 0.4) is 0 Å². The number of benzene rings is 2. The van der Waals surface area contributed by atoms with Crippen molar-refractivity contribution in [3.63, 3.8) is 0 Å². The van der Waals surface area contributed by atoms with Gasteiger partial charge in [0, 0.05) is 53.4 Å². The largest absolute Gasteiger partial charge is 0.368 e. The predicted molar refractivity (Wildman–Crippen MR) is 121 cm³/mol. The fourth-order valence-electron chi connectivity index (χ4n) is 3.65. The zero-order chi connectivity index (χ0) is 20.4. The number of rotatable bonds is 4. The van der Waals surface area contributed by atoms with Gasteiger partial charge in [0.2, 0.25) is 0 Å². The number of halogens is 1. The zero-order valence-electron chi connectivity index (χ0n) is 16.7. The molecular weight excluding hydrogens is 402 g/mol. The number of hydrogen-bond acceptors (Lipinski definition) is 4. The molecule has 2 heterocycles. The number of aryl methyl sites for hydroxylation is 2. The molecule has 0 bridgehead atoms. The van der Waals surface area contributed by atoms with Gasteiger partial charge in [-0.15, -0.1) is 11.3 Å². The maximum Gasteiger partial charge on any atom is 0.253 e. The molecule has 0 spiro atoms. The molecule has 0 N–H and O–H groups in total. The molecule has 2 aromatic carbocycles. The van der Waals surface area contributed by atoms with Crippen LogP contribution in [-0.2, 0) is 6.42 Å². The summed E-state index contributed by atoms with van der Waals surface area (Å²) in [6.07, 6.45) is 0.946. The fraction of sp³-hybridized carbons (Fsp3) is 0.304. The van der Waals surface area contributed by atoms with E-state index in [0.717, 1.165) is 52.0 Å². The molecule has 0 saturated carbocycles. The highest BCUT2D eigenvalue weighted by molar-refractivity contribution is 7.09. The number of amides is 1. The molecule has 4 rings (SSSR count). The lowest BCUT2D eigenvalue weighted by atomic mass is 10.1. The minimum absolute atomic E-state index is 0.0894. The summed E-state index contributed by atoms with van der Waals surface area (Å²) < 4.78 is 0. The second kappa shape index (κ2) is 8.56. The van der Waals surface area contributed by atoms with Crippen molar-refractivity contribution < 1.29 is 4.79 Å². The highest BCUT2D eigenvalue weighted by Gasteiger charge is 2.23. The van der Waals surface area contributed by atoms with E-state index in [-0.39, 0.29) is 5.91 Å². The van der Waals surface area contributed by atoms with Gasteiger partial charge < -0.3 is 9.80 Å². The van der Waals surface area contributed by atoms with E-state index in [0.29, 0.717) is 13.1 Å². The van der Waals surface area contributed by atoms with Crippen LogP contribution < -0.4 is 4.90 Å². The first kappa shape index (κ1) is 19.9. The van der Waals surface area contributed by atoms with Crippen LogP contribution in [0.5, 0.6) is 0 Å². The molecule has 1 amide bonds. The van der Waals surface area contributed by atoms with Crippen molar-refractivity contribution in [2.75, 3.05) is 31.1 Å². The first-order valence-corrected chi connectivity index (χ1v) is 11.2. The van der Waals surface area contributed by atoms with Gasteiger partial charge in [0.15, 0.2) is 0 Å². The molecule has 1 aliphatic rings. The van der Waals surface area contributed by atoms with E-state index < -0.39 is 0 Å². The third-order valence-electron chi connectivity index (χ3n) is 5.36. The molecule has 0 aliphatic carbocycles. The van der Waals surface area contributed by atoms with Gasteiger partial charge in [-0.2, -0.15) is 0 Å². The first-order chi connectivity index (χ1) is 14.0. The third kappa shape index (κ3) is 4.31. The van der Waals surface area contributed by atoms with Crippen LogP contribution in [0.15, 0.2) is 47.8 Å². The Morgan fingerprint density at radius 1 is 1.10 bits per heavy atom. The normalized spacial score (nSPS) is 14.3. The summed E-state index contributed by atoms with van der Waals surface area (Å²) >= 11 is 7.85. The van der Waals surface area contributed by atoms with E-state index in [1.54, 1.807) is 11.3 Å². The summed E-state index contributed by atoms with van der Waals surface area (Å²) in [7, 11) is 0. The van der Waals surface area contributed by atoms with E-state index in [9.17, 15) is 4.79 Å². The van der Waals surface area contributed by atoms with Gasteiger partial charge in [-0.3, -0.25) is 4.79 Å². The number of carbonyl (C=O) groups is 1. The number of nitrogens with zero attached hydrogens (tertiary/aromatic N) is 3. The Kier molecular flexibility index (Phi) is 5.88. The maximum atomic E-state index is 12.9. The van der Waals surface area contributed by atoms with Gasteiger partial charge in [0.1, 0.15) is 0 Å². The molecule has 0 unspecified atom stereocenters. The monoisotopic (exact) mass is 425 g/mol. The van der Waals surface area contributed by atoms with Crippen LogP contribution in [0.25, 0.3) is 11.3 Å². The second-order valence-electron chi connectivity index (χ2n) is 7.27. The number of aromatic nitrogens is 1. The Labute approximate surface area is 180 Å². The van der Waals surface area contributed by atoms with Crippen molar-refractivity contribution in [1.82, 2.24) is 9.88 Å². The molecule has 3 aromatic rings. The molecular formula is C23H24ClN3OS. The van der Waals surface area contributed by atoms with Gasteiger partial charge in [0.05, 0.1) is 10.7 Å². The minimum Gasteiger partial charge on any atom is -0.368 e. The Morgan fingerprint density at radius 3 is 2.48 bits per heavy atom. The molecule has 0 atom stereocenters. The maximum absolute atomic E-state index is 12.9. The summed E-state index contributed by atoms with van der Waals surface area (Å²) in [4.78, 5) is 21.8. The zero-order valence-corrected chi connectivity index (χ0v) is 18.3. The molecule has 0 radical (unpaired) electrons. The van der Waals surface area contributed by atoms with Crippen molar-refractivity contribution in [2.24, 2.45) is 0 Å². The SMILES string of the molecule is CCc1nc(-c2ccc(C(=O)N3CCN(c4cc(Cl)ccc4C)CC3)cc2)cs1. The lowest BCUT2D eigenvalue weighted by Gasteiger charge is -2.37. The Balaban J connectivity index is 1.41. The number of carbonyl (C=O) groups excluding carboxylic acids is 1. The van der Waals surface area contributed by atoms with Crippen LogP contribution in [0.2, 0.25) is 5.02 Å². The molecule has 1 aliphatic heterocycles. The summed E-state index contributed by atoms with van der Waals surface area (Å²) in [6.45, 7) is 7.23. The lowest BCUT2D eigenvalue weighted by Crippen LogP contribution is -2.49. The van der Waals surface area contributed by atoms with Gasteiger partial charge in [0.25, 0.3) is 5.91 Å². The molecule has 1 saturated heterocycles. The van der Waals surface area contributed by atoms with Crippen molar-refractivity contribution >= 4 is 34.5 Å². The Hall–Kier alpha value is -2.37. The van der Waals surface area contributed by atoms with Crippen LogP contribution >= 0.6 is 22.9 Å². The van der Waals surface area contributed by atoms with Crippen molar-refractivity contribution in [1.29, 1.82) is 0 Å². The fourth-order valence-corrected chi connectivity index (χ4v) is 4.57. The molecule has 6 heteroatoms. The summed E-state index contributed by atoms with van der Waals surface area (Å²) in [5, 5.41) is 3.95. The number of hydrogen-bond donors (Lipinski definition) is 0. The average molecular weight is 426 g/mol. The van der Waals surface area contributed by atoms with Gasteiger partial charge in [-0.1, -0.05) is 36.7 Å². The molecule has 1 fully saturated rings. The second-order valence-corrected chi connectivity index (χ2v) is 8.65. The summed E-state index contributed by atoms with van der Waals surface area (Å²) in [6, 6.07) is 13.8. The summed E-state index contributed by atoms with van der Waals surface area (Å²) in [5.41, 5.74) is 5.13. The molecule has 29 heavy (non-hydrogen) atoms. The summed E-state index contributed by atoms with van der Waals surface area (Å²) in [5.74, 6) is 0.0894. The lowest BCUT2D eigenvalue weighted by molar-refractivity contribution is 0.0747.